The molecule has 0 aliphatic carbocycles. The summed E-state index contributed by atoms with van der Waals surface area (Å²) < 4.78 is 2.30. The van der Waals surface area contributed by atoms with E-state index in [1.165, 1.54) is 4.57 Å². The van der Waals surface area contributed by atoms with Crippen LogP contribution in [0.1, 0.15) is 15.9 Å². The van der Waals surface area contributed by atoms with E-state index in [0.717, 1.165) is 15.4 Å². The van der Waals surface area contributed by atoms with Gasteiger partial charge in [-0.25, -0.2) is 4.98 Å². The molecule has 2 aromatic heterocycles. The van der Waals surface area contributed by atoms with E-state index < -0.39 is 0 Å². The van der Waals surface area contributed by atoms with Crippen molar-refractivity contribution in [3.05, 3.63) is 62.4 Å². The number of carbonyl (C=O) groups excluding carboxylic acids is 1. The SMILES string of the molecule is Cc1cccc(Cl)c1C(=O)n1cc(Br)c2cc(Cl)ncc21. The molecule has 3 rings (SSSR count). The van der Waals surface area contributed by atoms with E-state index in [4.69, 9.17) is 23.2 Å². The van der Waals surface area contributed by atoms with Crippen LogP contribution in [0.2, 0.25) is 10.2 Å². The monoisotopic (exact) mass is 382 g/mol. The van der Waals surface area contributed by atoms with Gasteiger partial charge >= 0.3 is 0 Å². The van der Waals surface area contributed by atoms with Crippen molar-refractivity contribution in [2.75, 3.05) is 0 Å². The summed E-state index contributed by atoms with van der Waals surface area (Å²) >= 11 is 15.5. The maximum atomic E-state index is 12.8. The molecule has 1 aromatic carbocycles. The Morgan fingerprint density at radius 3 is 2.81 bits per heavy atom. The molecule has 0 aliphatic rings. The van der Waals surface area contributed by atoms with Crippen LogP contribution in [0.15, 0.2) is 41.1 Å². The van der Waals surface area contributed by atoms with E-state index in [2.05, 4.69) is 20.9 Å². The second-order valence-electron chi connectivity index (χ2n) is 4.61. The molecule has 0 bridgehead atoms. The minimum absolute atomic E-state index is 0.196. The zero-order valence-electron chi connectivity index (χ0n) is 10.9. The van der Waals surface area contributed by atoms with Crippen molar-refractivity contribution in [3.8, 4) is 0 Å². The number of pyridine rings is 1. The lowest BCUT2D eigenvalue weighted by molar-refractivity contribution is 0.0964. The Balaban J connectivity index is 2.24. The third-order valence-electron chi connectivity index (χ3n) is 3.26. The van der Waals surface area contributed by atoms with Gasteiger partial charge < -0.3 is 0 Å². The zero-order valence-corrected chi connectivity index (χ0v) is 14.0. The van der Waals surface area contributed by atoms with Gasteiger partial charge in [0.15, 0.2) is 0 Å². The van der Waals surface area contributed by atoms with Crippen LogP contribution in [0.25, 0.3) is 10.9 Å². The lowest BCUT2D eigenvalue weighted by Gasteiger charge is -2.08. The first-order chi connectivity index (χ1) is 9.99. The summed E-state index contributed by atoms with van der Waals surface area (Å²) in [6.07, 6.45) is 3.28. The first-order valence-corrected chi connectivity index (χ1v) is 7.66. The highest BCUT2D eigenvalue weighted by Crippen LogP contribution is 2.29. The van der Waals surface area contributed by atoms with Crippen molar-refractivity contribution >= 4 is 55.9 Å². The van der Waals surface area contributed by atoms with E-state index in [-0.39, 0.29) is 5.91 Å². The van der Waals surface area contributed by atoms with Gasteiger partial charge in [0.05, 0.1) is 22.3 Å². The molecule has 3 aromatic rings. The Morgan fingerprint density at radius 2 is 2.10 bits per heavy atom. The molecule has 0 radical (unpaired) electrons. The molecule has 0 unspecified atom stereocenters. The number of halogens is 3. The van der Waals surface area contributed by atoms with E-state index >= 15 is 0 Å². The molecule has 0 fully saturated rings. The molecule has 106 valence electrons. The maximum Gasteiger partial charge on any atom is 0.264 e. The number of fused-ring (bicyclic) bond motifs is 1. The van der Waals surface area contributed by atoms with Crippen molar-refractivity contribution in [3.63, 3.8) is 0 Å². The van der Waals surface area contributed by atoms with E-state index in [0.29, 0.717) is 21.3 Å². The van der Waals surface area contributed by atoms with Crippen LogP contribution in [0.5, 0.6) is 0 Å². The number of carbonyl (C=O) groups is 1. The van der Waals surface area contributed by atoms with Crippen molar-refractivity contribution in [2.24, 2.45) is 0 Å². The standard InChI is InChI=1S/C15H9BrCl2N2O/c1-8-3-2-4-11(17)14(8)15(21)20-7-10(16)9-5-13(18)19-6-12(9)20/h2-7H,1H3. The highest BCUT2D eigenvalue weighted by Gasteiger charge is 2.19. The van der Waals surface area contributed by atoms with Gasteiger partial charge in [0.2, 0.25) is 0 Å². The van der Waals surface area contributed by atoms with Gasteiger partial charge in [-0.1, -0.05) is 35.3 Å². The lowest BCUT2D eigenvalue weighted by Crippen LogP contribution is -2.13. The summed E-state index contributed by atoms with van der Waals surface area (Å²) in [7, 11) is 0. The summed E-state index contributed by atoms with van der Waals surface area (Å²) in [5.74, 6) is -0.196. The van der Waals surface area contributed by atoms with Gasteiger partial charge in [0.25, 0.3) is 5.91 Å². The molecule has 0 N–H and O–H groups in total. The first kappa shape index (κ1) is 14.6. The quantitative estimate of drug-likeness (QED) is 0.547. The van der Waals surface area contributed by atoms with E-state index in [1.54, 1.807) is 24.5 Å². The van der Waals surface area contributed by atoms with Crippen molar-refractivity contribution < 1.29 is 4.79 Å². The molecule has 2 heterocycles. The number of hydrogen-bond donors (Lipinski definition) is 0. The van der Waals surface area contributed by atoms with Gasteiger partial charge in [0.1, 0.15) is 5.15 Å². The molecular formula is C15H9BrCl2N2O. The average molecular weight is 384 g/mol. The van der Waals surface area contributed by atoms with Gasteiger partial charge in [-0.2, -0.15) is 0 Å². The van der Waals surface area contributed by atoms with E-state index in [9.17, 15) is 4.79 Å². The fraction of sp³-hybridized carbons (Fsp3) is 0.0667. The number of benzene rings is 1. The molecule has 0 amide bonds. The van der Waals surface area contributed by atoms with Crippen LogP contribution < -0.4 is 0 Å². The van der Waals surface area contributed by atoms with Crippen molar-refractivity contribution in [2.45, 2.75) is 6.92 Å². The van der Waals surface area contributed by atoms with Crippen LogP contribution >= 0.6 is 39.1 Å². The van der Waals surface area contributed by atoms with Crippen LogP contribution in [-0.4, -0.2) is 15.5 Å². The van der Waals surface area contributed by atoms with Crippen LogP contribution in [-0.2, 0) is 0 Å². The predicted molar refractivity (Wildman–Crippen MR) is 88.4 cm³/mol. The normalized spacial score (nSPS) is 11.0. The Hall–Kier alpha value is -1.36. The number of nitrogens with zero attached hydrogens (tertiary/aromatic N) is 2. The van der Waals surface area contributed by atoms with Crippen LogP contribution in [0.3, 0.4) is 0 Å². The average Bonchev–Trinajstić information content (AvgIpc) is 2.75. The first-order valence-electron chi connectivity index (χ1n) is 6.11. The Kier molecular flexibility index (Phi) is 3.78. The second-order valence-corrected chi connectivity index (χ2v) is 6.26. The molecule has 21 heavy (non-hydrogen) atoms. The molecule has 3 nitrogen and oxygen atoms in total. The number of hydrogen-bond acceptors (Lipinski definition) is 2. The van der Waals surface area contributed by atoms with E-state index in [1.807, 2.05) is 19.1 Å². The topological polar surface area (TPSA) is 34.9 Å². The molecule has 6 heteroatoms. The second kappa shape index (κ2) is 5.44. The summed E-state index contributed by atoms with van der Waals surface area (Å²) in [6.45, 7) is 1.86. The minimum Gasteiger partial charge on any atom is -0.280 e. The van der Waals surface area contributed by atoms with Crippen LogP contribution in [0, 0.1) is 6.92 Å². The summed E-state index contributed by atoms with van der Waals surface area (Å²) in [5, 5.41) is 1.63. The summed E-state index contributed by atoms with van der Waals surface area (Å²) in [6, 6.07) is 7.09. The van der Waals surface area contributed by atoms with Gasteiger partial charge in [0, 0.05) is 16.1 Å². The fourth-order valence-corrected chi connectivity index (χ4v) is 3.23. The lowest BCUT2D eigenvalue weighted by atomic mass is 10.1. The molecule has 0 spiro atoms. The Bertz CT molecular complexity index is 853. The van der Waals surface area contributed by atoms with Crippen molar-refractivity contribution in [1.29, 1.82) is 0 Å². The molecule has 0 saturated carbocycles. The fourth-order valence-electron chi connectivity index (χ4n) is 2.25. The van der Waals surface area contributed by atoms with Gasteiger partial charge in [-0.15, -0.1) is 0 Å². The minimum atomic E-state index is -0.196. The van der Waals surface area contributed by atoms with Crippen molar-refractivity contribution in [1.82, 2.24) is 9.55 Å². The summed E-state index contributed by atoms with van der Waals surface area (Å²) in [4.78, 5) is 16.8. The molecular weight excluding hydrogens is 375 g/mol. The number of rotatable bonds is 1. The highest BCUT2D eigenvalue weighted by atomic mass is 79.9. The largest absolute Gasteiger partial charge is 0.280 e. The summed E-state index contributed by atoms with van der Waals surface area (Å²) in [5.41, 5.74) is 1.99. The Morgan fingerprint density at radius 1 is 1.33 bits per heavy atom. The van der Waals surface area contributed by atoms with Crippen LogP contribution in [0.4, 0.5) is 0 Å². The highest BCUT2D eigenvalue weighted by molar-refractivity contribution is 9.10. The maximum absolute atomic E-state index is 12.8. The Labute approximate surface area is 139 Å². The smallest absolute Gasteiger partial charge is 0.264 e. The zero-order chi connectivity index (χ0) is 15.1. The molecule has 0 saturated heterocycles. The third kappa shape index (κ3) is 2.48. The third-order valence-corrected chi connectivity index (χ3v) is 4.42. The number of aromatic nitrogens is 2. The molecule has 0 aliphatic heterocycles. The predicted octanol–water partition coefficient (Wildman–Crippen LogP) is 5.10. The number of aryl methyl sites for hydroxylation is 1. The van der Waals surface area contributed by atoms with Gasteiger partial charge in [-0.05, 0) is 40.5 Å². The van der Waals surface area contributed by atoms with Gasteiger partial charge in [-0.3, -0.25) is 9.36 Å². The molecule has 0 atom stereocenters.